The summed E-state index contributed by atoms with van der Waals surface area (Å²) in [5.74, 6) is -0.765. The molecule has 0 aliphatic carbocycles. The number of carbonyl (C=O) groups excluding carboxylic acids is 1. The van der Waals surface area contributed by atoms with Gasteiger partial charge < -0.3 is 10.1 Å². The molecule has 33 heavy (non-hydrogen) atoms. The van der Waals surface area contributed by atoms with Crippen LogP contribution < -0.4 is 10.5 Å². The van der Waals surface area contributed by atoms with Crippen molar-refractivity contribution < 1.29 is 31.1 Å². The monoisotopic (exact) mass is 483 g/mol. The third kappa shape index (κ3) is 4.99. The Balaban J connectivity index is 1.77. The van der Waals surface area contributed by atoms with Crippen molar-refractivity contribution in [2.24, 2.45) is 5.14 Å². The SMILES string of the molecule is NS(=O)(=O)c1cc(NC(=O)c2c3cccc(C(F)(F)F)c3nn2CC2CCCCO2)ccn1. The van der Waals surface area contributed by atoms with Crippen LogP contribution in [0.2, 0.25) is 0 Å². The van der Waals surface area contributed by atoms with E-state index in [0.29, 0.717) is 13.0 Å². The first kappa shape index (κ1) is 23.1. The zero-order chi connectivity index (χ0) is 23.8. The minimum atomic E-state index is -4.66. The fraction of sp³-hybridized carbons (Fsp3) is 0.350. The van der Waals surface area contributed by atoms with Crippen molar-refractivity contribution in [1.29, 1.82) is 0 Å². The highest BCUT2D eigenvalue weighted by molar-refractivity contribution is 7.89. The van der Waals surface area contributed by atoms with E-state index < -0.39 is 32.7 Å². The molecule has 1 amide bonds. The molecule has 1 aromatic carbocycles. The lowest BCUT2D eigenvalue weighted by molar-refractivity contribution is -0.136. The minimum Gasteiger partial charge on any atom is -0.376 e. The average molecular weight is 483 g/mol. The van der Waals surface area contributed by atoms with Gasteiger partial charge in [0.15, 0.2) is 5.03 Å². The second-order valence-electron chi connectivity index (χ2n) is 7.60. The maximum Gasteiger partial charge on any atom is 0.418 e. The van der Waals surface area contributed by atoms with Crippen LogP contribution in [0.15, 0.2) is 41.6 Å². The quantitative estimate of drug-likeness (QED) is 0.574. The van der Waals surface area contributed by atoms with Crippen LogP contribution in [0.25, 0.3) is 10.9 Å². The zero-order valence-corrected chi connectivity index (χ0v) is 18.0. The van der Waals surface area contributed by atoms with Crippen LogP contribution in [-0.4, -0.2) is 41.8 Å². The van der Waals surface area contributed by atoms with Gasteiger partial charge in [0.1, 0.15) is 11.2 Å². The molecule has 4 rings (SSSR count). The molecule has 1 aliphatic rings. The van der Waals surface area contributed by atoms with Crippen molar-refractivity contribution in [2.45, 2.75) is 43.1 Å². The van der Waals surface area contributed by atoms with Gasteiger partial charge in [0, 0.05) is 29.9 Å². The highest BCUT2D eigenvalue weighted by Gasteiger charge is 2.35. The molecule has 1 saturated heterocycles. The smallest absolute Gasteiger partial charge is 0.376 e. The van der Waals surface area contributed by atoms with Crippen LogP contribution in [0.1, 0.15) is 35.3 Å². The van der Waals surface area contributed by atoms with Gasteiger partial charge in [-0.2, -0.15) is 18.3 Å². The number of sulfonamides is 1. The first-order chi connectivity index (χ1) is 15.5. The fourth-order valence-electron chi connectivity index (χ4n) is 3.73. The predicted molar refractivity (Wildman–Crippen MR) is 112 cm³/mol. The second kappa shape index (κ2) is 8.72. The number of aromatic nitrogens is 3. The van der Waals surface area contributed by atoms with Crippen LogP contribution in [-0.2, 0) is 27.5 Å². The number of halogens is 3. The van der Waals surface area contributed by atoms with Gasteiger partial charge in [0.2, 0.25) is 0 Å². The number of alkyl halides is 3. The van der Waals surface area contributed by atoms with Gasteiger partial charge in [0.05, 0.1) is 18.2 Å². The normalized spacial score (nSPS) is 17.3. The van der Waals surface area contributed by atoms with Gasteiger partial charge in [-0.05, 0) is 31.4 Å². The van der Waals surface area contributed by atoms with Crippen molar-refractivity contribution >= 4 is 32.5 Å². The number of amides is 1. The molecular formula is C20H20F3N5O4S. The molecule has 1 unspecified atom stereocenters. The molecule has 0 saturated carbocycles. The molecule has 9 nitrogen and oxygen atoms in total. The molecule has 3 N–H and O–H groups in total. The van der Waals surface area contributed by atoms with Crippen molar-refractivity contribution in [3.05, 3.63) is 47.8 Å². The number of hydrogen-bond acceptors (Lipinski definition) is 6. The molecule has 3 heterocycles. The third-order valence-corrected chi connectivity index (χ3v) is 6.03. The molecule has 176 valence electrons. The Morgan fingerprint density at radius 2 is 2.06 bits per heavy atom. The Labute approximate surface area is 186 Å². The van der Waals surface area contributed by atoms with Crippen molar-refractivity contribution in [1.82, 2.24) is 14.8 Å². The second-order valence-corrected chi connectivity index (χ2v) is 9.11. The molecule has 0 radical (unpaired) electrons. The van der Waals surface area contributed by atoms with Crippen LogP contribution in [0.3, 0.4) is 0 Å². The molecule has 0 bridgehead atoms. The molecule has 1 atom stereocenters. The topological polar surface area (TPSA) is 129 Å². The summed E-state index contributed by atoms with van der Waals surface area (Å²) < 4.78 is 70.7. The van der Waals surface area contributed by atoms with Crippen LogP contribution in [0.4, 0.5) is 18.9 Å². The van der Waals surface area contributed by atoms with E-state index in [0.717, 1.165) is 31.2 Å². The number of benzene rings is 1. The Hall–Kier alpha value is -3.03. The molecule has 1 aliphatic heterocycles. The van der Waals surface area contributed by atoms with E-state index in [-0.39, 0.29) is 34.9 Å². The summed E-state index contributed by atoms with van der Waals surface area (Å²) in [7, 11) is -4.12. The lowest BCUT2D eigenvalue weighted by Crippen LogP contribution is -2.28. The Morgan fingerprint density at radius 1 is 1.27 bits per heavy atom. The van der Waals surface area contributed by atoms with E-state index in [4.69, 9.17) is 9.88 Å². The van der Waals surface area contributed by atoms with E-state index in [2.05, 4.69) is 15.4 Å². The molecular weight excluding hydrogens is 463 g/mol. The summed E-state index contributed by atoms with van der Waals surface area (Å²) >= 11 is 0. The maximum absolute atomic E-state index is 13.6. The molecule has 3 aromatic rings. The average Bonchev–Trinajstić information content (AvgIpc) is 3.11. The number of pyridine rings is 1. The first-order valence-corrected chi connectivity index (χ1v) is 11.6. The van der Waals surface area contributed by atoms with Crippen LogP contribution in [0.5, 0.6) is 0 Å². The van der Waals surface area contributed by atoms with E-state index in [1.165, 1.54) is 22.9 Å². The van der Waals surface area contributed by atoms with E-state index in [9.17, 15) is 26.4 Å². The Morgan fingerprint density at radius 3 is 2.73 bits per heavy atom. The summed E-state index contributed by atoms with van der Waals surface area (Å²) in [6, 6.07) is 5.88. The number of nitrogens with zero attached hydrogens (tertiary/aromatic N) is 3. The number of carbonyl (C=O) groups is 1. The number of anilines is 1. The third-order valence-electron chi connectivity index (χ3n) is 5.23. The number of fused-ring (bicyclic) bond motifs is 1. The van der Waals surface area contributed by atoms with Gasteiger partial charge in [-0.3, -0.25) is 9.48 Å². The van der Waals surface area contributed by atoms with Crippen molar-refractivity contribution in [3.63, 3.8) is 0 Å². The standard InChI is InChI=1S/C20H20F3N5O4S/c21-20(22,23)15-6-3-5-14-17(15)27-28(11-13-4-1-2-9-32-13)18(14)19(29)26-12-7-8-25-16(10-12)33(24,30)31/h3,5-8,10,13H,1-2,4,9,11H2,(H2,24,30,31)(H,25,26,29). The highest BCUT2D eigenvalue weighted by Crippen LogP contribution is 2.35. The Bertz CT molecular complexity index is 1300. The summed E-state index contributed by atoms with van der Waals surface area (Å²) in [5, 5.41) is 11.2. The Kier molecular flexibility index (Phi) is 6.12. The lowest BCUT2D eigenvalue weighted by atomic mass is 10.1. The van der Waals surface area contributed by atoms with Gasteiger partial charge in [-0.15, -0.1) is 0 Å². The summed E-state index contributed by atoms with van der Waals surface area (Å²) in [6.07, 6.45) is -1.35. The fourth-order valence-corrected chi connectivity index (χ4v) is 4.23. The van der Waals surface area contributed by atoms with Gasteiger partial charge in [0.25, 0.3) is 15.9 Å². The van der Waals surface area contributed by atoms with Crippen molar-refractivity contribution in [2.75, 3.05) is 11.9 Å². The summed E-state index contributed by atoms with van der Waals surface area (Å²) in [6.45, 7) is 0.613. The largest absolute Gasteiger partial charge is 0.418 e. The first-order valence-electron chi connectivity index (χ1n) is 10.0. The van der Waals surface area contributed by atoms with Gasteiger partial charge >= 0.3 is 6.18 Å². The predicted octanol–water partition coefficient (Wildman–Crippen LogP) is 2.92. The zero-order valence-electron chi connectivity index (χ0n) is 17.2. The number of rotatable bonds is 5. The number of ether oxygens (including phenoxy) is 1. The number of nitrogens with two attached hydrogens (primary N) is 1. The molecule has 1 fully saturated rings. The lowest BCUT2D eigenvalue weighted by Gasteiger charge is -2.23. The summed E-state index contributed by atoms with van der Waals surface area (Å²) in [4.78, 5) is 16.8. The molecule has 13 heteroatoms. The minimum absolute atomic E-state index is 0.0128. The molecule has 0 spiro atoms. The van der Waals surface area contributed by atoms with Gasteiger partial charge in [-0.25, -0.2) is 18.5 Å². The van der Waals surface area contributed by atoms with E-state index >= 15 is 0 Å². The van der Waals surface area contributed by atoms with E-state index in [1.807, 2.05) is 0 Å². The van der Waals surface area contributed by atoms with Crippen molar-refractivity contribution in [3.8, 4) is 0 Å². The maximum atomic E-state index is 13.6. The van der Waals surface area contributed by atoms with E-state index in [1.54, 1.807) is 0 Å². The van der Waals surface area contributed by atoms with Gasteiger partial charge in [-0.1, -0.05) is 12.1 Å². The molecule has 2 aromatic heterocycles. The number of primary sulfonamides is 1. The number of nitrogens with one attached hydrogen (secondary N) is 1. The number of hydrogen-bond donors (Lipinski definition) is 2. The van der Waals surface area contributed by atoms with Crippen LogP contribution in [0, 0.1) is 0 Å². The summed E-state index contributed by atoms with van der Waals surface area (Å²) in [5.41, 5.74) is -1.36. The van der Waals surface area contributed by atoms with Crippen LogP contribution >= 0.6 is 0 Å². The highest BCUT2D eigenvalue weighted by atomic mass is 32.2.